The second kappa shape index (κ2) is 7.10. The zero-order valence-electron chi connectivity index (χ0n) is 10.2. The molecule has 2 heterocycles. The monoisotopic (exact) mass is 250 g/mol. The Bertz CT molecular complexity index is 359. The summed E-state index contributed by atoms with van der Waals surface area (Å²) in [5.74, 6) is 0. The Morgan fingerprint density at radius 1 is 1.56 bits per heavy atom. The van der Waals surface area contributed by atoms with Crippen molar-refractivity contribution in [3.05, 3.63) is 42.9 Å². The van der Waals surface area contributed by atoms with Gasteiger partial charge in [-0.25, -0.2) is 0 Å². The first-order valence-corrected chi connectivity index (χ1v) is 5.99. The molecule has 0 amide bonds. The molecule has 0 aromatic carbocycles. The predicted molar refractivity (Wildman–Crippen MR) is 66.8 cm³/mol. The lowest BCUT2D eigenvalue weighted by Crippen LogP contribution is -2.21. The van der Waals surface area contributed by atoms with Crippen LogP contribution in [0.25, 0.3) is 0 Å². The first kappa shape index (κ1) is 13.0. The van der Waals surface area contributed by atoms with Crippen LogP contribution in [0.3, 0.4) is 0 Å². The summed E-state index contributed by atoms with van der Waals surface area (Å²) < 4.78 is 16.2. The van der Waals surface area contributed by atoms with Crippen molar-refractivity contribution in [2.75, 3.05) is 26.4 Å². The number of nitrogens with zero attached hydrogens (tertiary/aromatic N) is 1. The SMILES string of the molecule is C=COCCOCC1CNC(c2cccnc2)O1. The minimum absolute atomic E-state index is 0.0685. The van der Waals surface area contributed by atoms with Gasteiger partial charge in [-0.2, -0.15) is 0 Å². The molecular formula is C13H18N2O3. The van der Waals surface area contributed by atoms with Gasteiger partial charge in [-0.1, -0.05) is 12.6 Å². The van der Waals surface area contributed by atoms with E-state index in [9.17, 15) is 0 Å². The first-order valence-electron chi connectivity index (χ1n) is 5.99. The average molecular weight is 250 g/mol. The fraction of sp³-hybridized carbons (Fsp3) is 0.462. The maximum absolute atomic E-state index is 5.82. The molecule has 5 heteroatoms. The highest BCUT2D eigenvalue weighted by atomic mass is 16.6. The van der Waals surface area contributed by atoms with Crippen LogP contribution in [0.5, 0.6) is 0 Å². The van der Waals surface area contributed by atoms with Gasteiger partial charge in [0.25, 0.3) is 0 Å². The standard InChI is InChI=1S/C13H18N2O3/c1-2-16-6-7-17-10-12-9-15-13(18-12)11-4-3-5-14-8-11/h2-5,8,12-13,15H,1,6-7,9-10H2. The second-order valence-electron chi connectivity index (χ2n) is 3.95. The van der Waals surface area contributed by atoms with Gasteiger partial charge in [0.15, 0.2) is 0 Å². The molecule has 1 saturated heterocycles. The third kappa shape index (κ3) is 3.80. The van der Waals surface area contributed by atoms with E-state index in [2.05, 4.69) is 16.9 Å². The quantitative estimate of drug-likeness (QED) is 0.583. The number of rotatable bonds is 7. The molecule has 0 spiro atoms. The molecule has 0 saturated carbocycles. The number of ether oxygens (including phenoxy) is 3. The largest absolute Gasteiger partial charge is 0.499 e. The first-order chi connectivity index (χ1) is 8.90. The van der Waals surface area contributed by atoms with Crippen molar-refractivity contribution < 1.29 is 14.2 Å². The van der Waals surface area contributed by atoms with Crippen molar-refractivity contribution in [2.45, 2.75) is 12.3 Å². The highest BCUT2D eigenvalue weighted by Gasteiger charge is 2.25. The average Bonchev–Trinajstić information content (AvgIpc) is 2.88. The van der Waals surface area contributed by atoms with E-state index in [1.165, 1.54) is 6.26 Å². The van der Waals surface area contributed by atoms with Gasteiger partial charge in [0.2, 0.25) is 0 Å². The number of hydrogen-bond donors (Lipinski definition) is 1. The molecule has 1 aliphatic rings. The number of pyridine rings is 1. The maximum atomic E-state index is 5.82. The third-order valence-electron chi connectivity index (χ3n) is 2.61. The molecule has 1 fully saturated rings. The van der Waals surface area contributed by atoms with Gasteiger partial charge in [-0.05, 0) is 6.07 Å². The van der Waals surface area contributed by atoms with E-state index < -0.39 is 0 Å². The summed E-state index contributed by atoms with van der Waals surface area (Å²) in [4.78, 5) is 4.07. The van der Waals surface area contributed by atoms with Gasteiger partial charge >= 0.3 is 0 Å². The van der Waals surface area contributed by atoms with E-state index in [-0.39, 0.29) is 12.3 Å². The van der Waals surface area contributed by atoms with Crippen LogP contribution >= 0.6 is 0 Å². The van der Waals surface area contributed by atoms with Crippen LogP contribution in [-0.4, -0.2) is 37.5 Å². The van der Waals surface area contributed by atoms with E-state index in [0.717, 1.165) is 12.1 Å². The lowest BCUT2D eigenvalue weighted by Gasteiger charge is -2.12. The highest BCUT2D eigenvalue weighted by Crippen LogP contribution is 2.20. The smallest absolute Gasteiger partial charge is 0.136 e. The Balaban J connectivity index is 1.67. The van der Waals surface area contributed by atoms with Crippen molar-refractivity contribution in [3.63, 3.8) is 0 Å². The van der Waals surface area contributed by atoms with Crippen LogP contribution in [0.1, 0.15) is 11.8 Å². The molecule has 0 bridgehead atoms. The van der Waals surface area contributed by atoms with E-state index >= 15 is 0 Å². The molecule has 2 atom stereocenters. The highest BCUT2D eigenvalue weighted by molar-refractivity contribution is 5.12. The summed E-state index contributed by atoms with van der Waals surface area (Å²) in [5.41, 5.74) is 1.04. The number of aromatic nitrogens is 1. The van der Waals surface area contributed by atoms with Crippen LogP contribution in [0.4, 0.5) is 0 Å². The van der Waals surface area contributed by atoms with Crippen molar-refractivity contribution in [3.8, 4) is 0 Å². The molecule has 0 radical (unpaired) electrons. The molecule has 1 aromatic heterocycles. The van der Waals surface area contributed by atoms with Crippen LogP contribution in [0, 0.1) is 0 Å². The second-order valence-corrected chi connectivity index (χ2v) is 3.95. The molecule has 1 N–H and O–H groups in total. The summed E-state index contributed by atoms with van der Waals surface area (Å²) in [5, 5.41) is 3.29. The molecule has 2 unspecified atom stereocenters. The Hall–Kier alpha value is -1.43. The summed E-state index contributed by atoms with van der Waals surface area (Å²) in [6.07, 6.45) is 4.95. The van der Waals surface area contributed by atoms with Crippen molar-refractivity contribution in [1.29, 1.82) is 0 Å². The summed E-state index contributed by atoms with van der Waals surface area (Å²) >= 11 is 0. The molecular weight excluding hydrogens is 232 g/mol. The molecule has 1 aliphatic heterocycles. The minimum Gasteiger partial charge on any atom is -0.499 e. The van der Waals surface area contributed by atoms with Gasteiger partial charge in [-0.3, -0.25) is 10.3 Å². The van der Waals surface area contributed by atoms with E-state index in [0.29, 0.717) is 19.8 Å². The van der Waals surface area contributed by atoms with E-state index in [1.54, 1.807) is 12.4 Å². The normalized spacial score (nSPS) is 22.9. The summed E-state index contributed by atoms with van der Waals surface area (Å²) in [7, 11) is 0. The van der Waals surface area contributed by atoms with Crippen LogP contribution in [0.2, 0.25) is 0 Å². The fourth-order valence-electron chi connectivity index (χ4n) is 1.76. The minimum atomic E-state index is -0.0864. The van der Waals surface area contributed by atoms with Gasteiger partial charge in [0.05, 0.1) is 25.6 Å². The zero-order valence-corrected chi connectivity index (χ0v) is 10.2. The lowest BCUT2D eigenvalue weighted by atomic mass is 10.2. The summed E-state index contributed by atoms with van der Waals surface area (Å²) in [6.45, 7) is 5.87. The van der Waals surface area contributed by atoms with Crippen molar-refractivity contribution in [1.82, 2.24) is 10.3 Å². The third-order valence-corrected chi connectivity index (χ3v) is 2.61. The van der Waals surface area contributed by atoms with E-state index in [4.69, 9.17) is 14.2 Å². The fourth-order valence-corrected chi connectivity index (χ4v) is 1.76. The zero-order chi connectivity index (χ0) is 12.6. The summed E-state index contributed by atoms with van der Waals surface area (Å²) in [6, 6.07) is 3.89. The molecule has 2 rings (SSSR count). The van der Waals surface area contributed by atoms with Crippen molar-refractivity contribution >= 4 is 0 Å². The Morgan fingerprint density at radius 3 is 3.28 bits per heavy atom. The molecule has 18 heavy (non-hydrogen) atoms. The van der Waals surface area contributed by atoms with Gasteiger partial charge in [-0.15, -0.1) is 0 Å². The molecule has 5 nitrogen and oxygen atoms in total. The number of nitrogens with one attached hydrogen (secondary N) is 1. The lowest BCUT2D eigenvalue weighted by molar-refractivity contribution is -0.0226. The maximum Gasteiger partial charge on any atom is 0.136 e. The Morgan fingerprint density at radius 2 is 2.50 bits per heavy atom. The van der Waals surface area contributed by atoms with Crippen molar-refractivity contribution in [2.24, 2.45) is 0 Å². The van der Waals surface area contributed by atoms with Crippen LogP contribution in [-0.2, 0) is 14.2 Å². The Kier molecular flexibility index (Phi) is 5.14. The predicted octanol–water partition coefficient (Wildman–Crippen LogP) is 1.25. The topological polar surface area (TPSA) is 52.6 Å². The molecule has 1 aromatic rings. The van der Waals surface area contributed by atoms with E-state index in [1.807, 2.05) is 12.1 Å². The molecule has 98 valence electrons. The van der Waals surface area contributed by atoms with Crippen LogP contribution < -0.4 is 5.32 Å². The molecule has 0 aliphatic carbocycles. The van der Waals surface area contributed by atoms with Gasteiger partial charge in [0.1, 0.15) is 12.8 Å². The number of hydrogen-bond acceptors (Lipinski definition) is 5. The Labute approximate surface area is 107 Å². The van der Waals surface area contributed by atoms with Crippen LogP contribution in [0.15, 0.2) is 37.4 Å². The van der Waals surface area contributed by atoms with Gasteiger partial charge < -0.3 is 14.2 Å². The van der Waals surface area contributed by atoms with Gasteiger partial charge in [0, 0.05) is 24.5 Å².